The summed E-state index contributed by atoms with van der Waals surface area (Å²) in [6.07, 6.45) is 4.34. The molecule has 0 aliphatic rings. The predicted octanol–water partition coefficient (Wildman–Crippen LogP) is 2.40. The first-order valence-electron chi connectivity index (χ1n) is 5.90. The van der Waals surface area contributed by atoms with Crippen LogP contribution in [0.5, 0.6) is 0 Å². The third kappa shape index (κ3) is 11.8. The van der Waals surface area contributed by atoms with Crippen molar-refractivity contribution in [2.24, 2.45) is 0 Å². The Balaban J connectivity index is 2.92. The van der Waals surface area contributed by atoms with Gasteiger partial charge in [0.15, 0.2) is 0 Å². The largest absolute Gasteiger partial charge is 0.307 e. The van der Waals surface area contributed by atoms with E-state index in [0.717, 1.165) is 25.9 Å². The van der Waals surface area contributed by atoms with Gasteiger partial charge in [0.25, 0.3) is 0 Å². The van der Waals surface area contributed by atoms with E-state index in [1.807, 2.05) is 6.92 Å². The molecule has 0 unspecified atom stereocenters. The van der Waals surface area contributed by atoms with Gasteiger partial charge in [-0.2, -0.15) is 0 Å². The molecule has 0 aliphatic carbocycles. The number of hydrogen-bond donors (Lipinski definition) is 0. The molecule has 4 heteroatoms. The van der Waals surface area contributed by atoms with Crippen LogP contribution in [0.1, 0.15) is 39.5 Å². The molecule has 0 fully saturated rings. The van der Waals surface area contributed by atoms with Crippen LogP contribution in [0.25, 0.3) is 0 Å². The summed E-state index contributed by atoms with van der Waals surface area (Å²) < 4.78 is 0. The minimum atomic E-state index is 0.585. The van der Waals surface area contributed by atoms with Crippen LogP contribution in [-0.4, -0.2) is 38.3 Å². The summed E-state index contributed by atoms with van der Waals surface area (Å²) in [6, 6.07) is 0. The lowest BCUT2D eigenvalue weighted by Crippen LogP contribution is -2.18. The van der Waals surface area contributed by atoms with Gasteiger partial charge in [-0.15, -0.1) is 0 Å². The maximum Gasteiger partial charge on any atom is 0.0853 e. The van der Waals surface area contributed by atoms with Crippen molar-refractivity contribution < 1.29 is 14.8 Å². The maximum atomic E-state index is 4.83. The van der Waals surface area contributed by atoms with Crippen LogP contribution in [0, 0.1) is 0 Å². The average Bonchev–Trinajstić information content (AvgIpc) is 2.26. The third-order valence-electron chi connectivity index (χ3n) is 2.19. The van der Waals surface area contributed by atoms with Crippen molar-refractivity contribution in [3.8, 4) is 0 Å². The van der Waals surface area contributed by atoms with Gasteiger partial charge in [0.2, 0.25) is 0 Å². The van der Waals surface area contributed by atoms with Crippen molar-refractivity contribution in [3.05, 3.63) is 0 Å². The van der Waals surface area contributed by atoms with Gasteiger partial charge < -0.3 is 4.90 Å². The molecule has 92 valence electrons. The van der Waals surface area contributed by atoms with E-state index in [2.05, 4.69) is 23.9 Å². The molecular weight excluding hydrogens is 194 g/mol. The molecule has 4 nitrogen and oxygen atoms in total. The summed E-state index contributed by atoms with van der Waals surface area (Å²) in [7, 11) is 2.14. The fraction of sp³-hybridized carbons (Fsp3) is 1.00. The molecule has 0 rings (SSSR count). The summed E-state index contributed by atoms with van der Waals surface area (Å²) >= 11 is 0. The monoisotopic (exact) mass is 219 g/mol. The first-order valence-corrected chi connectivity index (χ1v) is 5.90. The van der Waals surface area contributed by atoms with Crippen molar-refractivity contribution in [2.75, 3.05) is 33.4 Å². The van der Waals surface area contributed by atoms with Crippen LogP contribution < -0.4 is 0 Å². The van der Waals surface area contributed by atoms with E-state index in [9.17, 15) is 0 Å². The van der Waals surface area contributed by atoms with Crippen LogP contribution in [-0.2, 0) is 14.8 Å². The minimum Gasteiger partial charge on any atom is -0.307 e. The van der Waals surface area contributed by atoms with E-state index in [0.29, 0.717) is 13.2 Å². The van der Waals surface area contributed by atoms with Gasteiger partial charge in [-0.1, -0.05) is 18.9 Å². The zero-order valence-electron chi connectivity index (χ0n) is 10.3. The Bertz CT molecular complexity index is 122. The second-order valence-electron chi connectivity index (χ2n) is 3.67. The van der Waals surface area contributed by atoms with Gasteiger partial charge in [-0.05, 0) is 45.8 Å². The number of unbranched alkanes of at least 4 members (excludes halogenated alkanes) is 2. The summed E-state index contributed by atoms with van der Waals surface area (Å²) in [5.41, 5.74) is 0. The molecule has 0 saturated carbocycles. The van der Waals surface area contributed by atoms with E-state index in [4.69, 9.17) is 9.78 Å². The lowest BCUT2D eigenvalue weighted by molar-refractivity contribution is -0.512. The smallest absolute Gasteiger partial charge is 0.0853 e. The Kier molecular flexibility index (Phi) is 11.8. The fourth-order valence-electron chi connectivity index (χ4n) is 1.06. The molecule has 0 radical (unpaired) electrons. The zero-order chi connectivity index (χ0) is 11.4. The first kappa shape index (κ1) is 14.8. The highest BCUT2D eigenvalue weighted by atomic mass is 17.5. The molecule has 0 aromatic carbocycles. The molecule has 0 aromatic rings. The Morgan fingerprint density at radius 1 is 0.933 bits per heavy atom. The number of rotatable bonds is 11. The molecule has 0 amide bonds. The van der Waals surface area contributed by atoms with Gasteiger partial charge >= 0.3 is 0 Å². The normalized spacial score (nSPS) is 11.2. The molecule has 0 heterocycles. The van der Waals surface area contributed by atoms with E-state index >= 15 is 0 Å². The first-order chi connectivity index (χ1) is 7.31. The average molecular weight is 219 g/mol. The lowest BCUT2D eigenvalue weighted by atomic mass is 10.2. The van der Waals surface area contributed by atoms with Gasteiger partial charge in [0.1, 0.15) is 0 Å². The molecule has 0 spiro atoms. The Labute approximate surface area is 93.3 Å². The number of nitrogens with zero attached hydrogens (tertiary/aromatic N) is 1. The molecule has 0 aromatic heterocycles. The summed E-state index contributed by atoms with van der Waals surface area (Å²) in [6.45, 7) is 7.66. The van der Waals surface area contributed by atoms with Gasteiger partial charge in [0, 0.05) is 0 Å². The third-order valence-corrected chi connectivity index (χ3v) is 2.19. The van der Waals surface area contributed by atoms with E-state index < -0.39 is 0 Å². The van der Waals surface area contributed by atoms with Crippen LogP contribution in [0.3, 0.4) is 0 Å². The second-order valence-corrected chi connectivity index (χ2v) is 3.67. The summed E-state index contributed by atoms with van der Waals surface area (Å²) in [5.74, 6) is 0. The van der Waals surface area contributed by atoms with Crippen molar-refractivity contribution in [1.82, 2.24) is 4.90 Å². The van der Waals surface area contributed by atoms with Crippen molar-refractivity contribution >= 4 is 0 Å². The quantitative estimate of drug-likeness (QED) is 0.303. The summed E-state index contributed by atoms with van der Waals surface area (Å²) in [4.78, 5) is 11.9. The highest BCUT2D eigenvalue weighted by Crippen LogP contribution is 1.98. The number of hydrogen-bond acceptors (Lipinski definition) is 4. The predicted molar refractivity (Wildman–Crippen MR) is 60.3 cm³/mol. The molecule has 0 aliphatic heterocycles. The lowest BCUT2D eigenvalue weighted by Gasteiger charge is -2.12. The van der Waals surface area contributed by atoms with Gasteiger partial charge in [-0.3, -0.25) is 0 Å². The van der Waals surface area contributed by atoms with Gasteiger partial charge in [-0.25, -0.2) is 9.78 Å². The van der Waals surface area contributed by atoms with Gasteiger partial charge in [0.05, 0.1) is 13.2 Å². The maximum absolute atomic E-state index is 4.83. The second kappa shape index (κ2) is 11.9. The van der Waals surface area contributed by atoms with E-state index in [-0.39, 0.29) is 0 Å². The van der Waals surface area contributed by atoms with Crippen LogP contribution in [0.4, 0.5) is 0 Å². The Hall–Kier alpha value is -0.160. The topological polar surface area (TPSA) is 30.9 Å². The van der Waals surface area contributed by atoms with Crippen LogP contribution in [0.15, 0.2) is 0 Å². The minimum absolute atomic E-state index is 0.585. The highest BCUT2D eigenvalue weighted by Gasteiger charge is 1.95. The van der Waals surface area contributed by atoms with Crippen molar-refractivity contribution in [1.29, 1.82) is 0 Å². The zero-order valence-corrected chi connectivity index (χ0v) is 10.3. The van der Waals surface area contributed by atoms with E-state index in [1.54, 1.807) is 0 Å². The molecule has 0 atom stereocenters. The Morgan fingerprint density at radius 3 is 2.33 bits per heavy atom. The summed E-state index contributed by atoms with van der Waals surface area (Å²) in [5, 5.41) is 4.51. The van der Waals surface area contributed by atoms with Crippen molar-refractivity contribution in [3.63, 3.8) is 0 Å². The van der Waals surface area contributed by atoms with Crippen LogP contribution >= 0.6 is 0 Å². The van der Waals surface area contributed by atoms with Crippen LogP contribution in [0.2, 0.25) is 0 Å². The van der Waals surface area contributed by atoms with E-state index in [1.165, 1.54) is 12.8 Å². The molecular formula is C11H25NO3. The SMILES string of the molecule is CCCOOOCCCCCN(C)CC. The fourth-order valence-corrected chi connectivity index (χ4v) is 1.06. The standard InChI is InChI=1S/C11H25NO3/c1-4-10-13-15-14-11-8-6-7-9-12(3)5-2/h4-11H2,1-3H3. The molecule has 0 N–H and O–H groups in total. The molecule has 15 heavy (non-hydrogen) atoms. The molecule has 0 bridgehead atoms. The highest BCUT2D eigenvalue weighted by molar-refractivity contribution is 4.48. The van der Waals surface area contributed by atoms with Crippen molar-refractivity contribution in [2.45, 2.75) is 39.5 Å². The molecule has 0 saturated heterocycles. The Morgan fingerprint density at radius 2 is 1.67 bits per heavy atom.